The number of anilines is 1. The number of hydrogen-bond donors (Lipinski definition) is 2. The Balaban J connectivity index is 2.35. The predicted molar refractivity (Wildman–Crippen MR) is 85.2 cm³/mol. The van der Waals surface area contributed by atoms with E-state index in [1.165, 1.54) is 6.20 Å². The second kappa shape index (κ2) is 6.38. The topological polar surface area (TPSA) is 62.2 Å². The van der Waals surface area contributed by atoms with Crippen molar-refractivity contribution in [3.8, 4) is 0 Å². The number of hydrogen-bond acceptors (Lipinski definition) is 3. The quantitative estimate of drug-likeness (QED) is 0.465. The van der Waals surface area contributed by atoms with E-state index in [2.05, 4.69) is 32.9 Å². The van der Waals surface area contributed by atoms with Crippen molar-refractivity contribution in [2.75, 3.05) is 17.7 Å². The standard InChI is InChI=1S/C13H12ClIN2O2/c14-2-1-3-16-12-6-11-8(5-10(12)15)4-9(7-17-11)13(18)19/h4-7,16H,1-3H2,(H,18,19). The molecule has 19 heavy (non-hydrogen) atoms. The number of carbonyl (C=O) groups is 1. The van der Waals surface area contributed by atoms with E-state index in [4.69, 9.17) is 16.7 Å². The number of alkyl halides is 1. The third kappa shape index (κ3) is 3.48. The molecule has 2 aromatic rings. The van der Waals surface area contributed by atoms with E-state index in [1.807, 2.05) is 12.1 Å². The van der Waals surface area contributed by atoms with Crippen LogP contribution < -0.4 is 5.32 Å². The van der Waals surface area contributed by atoms with Gasteiger partial charge in [-0.3, -0.25) is 4.98 Å². The van der Waals surface area contributed by atoms with Gasteiger partial charge >= 0.3 is 5.97 Å². The first-order chi connectivity index (χ1) is 9.11. The van der Waals surface area contributed by atoms with Crippen LogP contribution in [0.5, 0.6) is 0 Å². The lowest BCUT2D eigenvalue weighted by Crippen LogP contribution is -2.04. The van der Waals surface area contributed by atoms with Crippen molar-refractivity contribution < 1.29 is 9.90 Å². The van der Waals surface area contributed by atoms with E-state index in [1.54, 1.807) is 6.07 Å². The zero-order valence-electron chi connectivity index (χ0n) is 9.99. The molecule has 2 rings (SSSR count). The summed E-state index contributed by atoms with van der Waals surface area (Å²) in [6.07, 6.45) is 2.27. The van der Waals surface area contributed by atoms with Crippen LogP contribution in [0.1, 0.15) is 16.8 Å². The monoisotopic (exact) mass is 390 g/mol. The number of fused-ring (bicyclic) bond motifs is 1. The number of nitrogens with zero attached hydrogens (tertiary/aromatic N) is 1. The molecule has 0 amide bonds. The van der Waals surface area contributed by atoms with Gasteiger partial charge in [0.05, 0.1) is 11.1 Å². The average molecular weight is 391 g/mol. The van der Waals surface area contributed by atoms with E-state index >= 15 is 0 Å². The first-order valence-corrected chi connectivity index (χ1v) is 7.35. The fourth-order valence-electron chi connectivity index (χ4n) is 1.69. The maximum atomic E-state index is 10.9. The van der Waals surface area contributed by atoms with Crippen molar-refractivity contribution in [2.45, 2.75) is 6.42 Å². The Hall–Kier alpha value is -1.08. The van der Waals surface area contributed by atoms with Gasteiger partial charge in [0.25, 0.3) is 0 Å². The van der Waals surface area contributed by atoms with Crippen LogP contribution in [0, 0.1) is 3.57 Å². The number of halogens is 2. The van der Waals surface area contributed by atoms with E-state index in [-0.39, 0.29) is 5.56 Å². The summed E-state index contributed by atoms with van der Waals surface area (Å²) >= 11 is 7.86. The molecule has 2 N–H and O–H groups in total. The molecule has 1 aromatic heterocycles. The van der Waals surface area contributed by atoms with Crippen LogP contribution in [-0.4, -0.2) is 28.5 Å². The van der Waals surface area contributed by atoms with Crippen LogP contribution in [0.4, 0.5) is 5.69 Å². The highest BCUT2D eigenvalue weighted by Crippen LogP contribution is 2.25. The first-order valence-electron chi connectivity index (χ1n) is 5.74. The van der Waals surface area contributed by atoms with Gasteiger partial charge in [0.2, 0.25) is 0 Å². The fraction of sp³-hybridized carbons (Fsp3) is 0.231. The molecule has 0 radical (unpaired) electrons. The summed E-state index contributed by atoms with van der Waals surface area (Å²) in [5, 5.41) is 13.1. The highest BCUT2D eigenvalue weighted by atomic mass is 127. The summed E-state index contributed by atoms with van der Waals surface area (Å²) in [6.45, 7) is 0.804. The van der Waals surface area contributed by atoms with Crippen molar-refractivity contribution >= 4 is 56.8 Å². The van der Waals surface area contributed by atoms with Crippen molar-refractivity contribution in [3.05, 3.63) is 33.5 Å². The summed E-state index contributed by atoms with van der Waals surface area (Å²) in [7, 11) is 0. The highest BCUT2D eigenvalue weighted by Gasteiger charge is 2.07. The zero-order valence-corrected chi connectivity index (χ0v) is 12.9. The van der Waals surface area contributed by atoms with Crippen molar-refractivity contribution in [3.63, 3.8) is 0 Å². The Bertz CT molecular complexity index is 619. The van der Waals surface area contributed by atoms with Crippen LogP contribution in [-0.2, 0) is 0 Å². The molecule has 0 atom stereocenters. The molecule has 0 bridgehead atoms. The molecule has 1 aromatic carbocycles. The van der Waals surface area contributed by atoms with Gasteiger partial charge in [-0.2, -0.15) is 0 Å². The molecule has 4 nitrogen and oxygen atoms in total. The van der Waals surface area contributed by atoms with Gasteiger partial charge < -0.3 is 10.4 Å². The summed E-state index contributed by atoms with van der Waals surface area (Å²) in [6, 6.07) is 5.49. The molecule has 0 unspecified atom stereocenters. The largest absolute Gasteiger partial charge is 0.478 e. The second-order valence-electron chi connectivity index (χ2n) is 4.02. The number of aromatic carboxylic acids is 1. The number of nitrogens with one attached hydrogen (secondary N) is 1. The lowest BCUT2D eigenvalue weighted by Gasteiger charge is -2.09. The first kappa shape index (κ1) is 14.3. The van der Waals surface area contributed by atoms with Crippen LogP contribution in [0.2, 0.25) is 0 Å². The van der Waals surface area contributed by atoms with E-state index < -0.39 is 5.97 Å². The van der Waals surface area contributed by atoms with Crippen LogP contribution in [0.15, 0.2) is 24.4 Å². The lowest BCUT2D eigenvalue weighted by atomic mass is 10.1. The van der Waals surface area contributed by atoms with Crippen LogP contribution in [0.3, 0.4) is 0 Å². The minimum atomic E-state index is -0.964. The maximum absolute atomic E-state index is 10.9. The molecule has 6 heteroatoms. The molecule has 100 valence electrons. The minimum absolute atomic E-state index is 0.200. The van der Waals surface area contributed by atoms with Gasteiger partial charge in [0, 0.05) is 33.3 Å². The SMILES string of the molecule is O=C(O)c1cnc2cc(NCCCCl)c(I)cc2c1. The highest BCUT2D eigenvalue weighted by molar-refractivity contribution is 14.1. The molecule has 0 fully saturated rings. The summed E-state index contributed by atoms with van der Waals surface area (Å²) in [5.74, 6) is -0.342. The van der Waals surface area contributed by atoms with Gasteiger partial charge in [-0.15, -0.1) is 11.6 Å². The number of pyridine rings is 1. The van der Waals surface area contributed by atoms with Crippen molar-refractivity contribution in [2.24, 2.45) is 0 Å². The third-order valence-corrected chi connectivity index (χ3v) is 3.80. The third-order valence-electron chi connectivity index (χ3n) is 2.64. The zero-order chi connectivity index (χ0) is 13.8. The van der Waals surface area contributed by atoms with Crippen molar-refractivity contribution in [1.82, 2.24) is 4.98 Å². The van der Waals surface area contributed by atoms with Crippen molar-refractivity contribution in [1.29, 1.82) is 0 Å². The van der Waals surface area contributed by atoms with Gasteiger partial charge in [-0.25, -0.2) is 4.79 Å². The Morgan fingerprint density at radius 2 is 2.21 bits per heavy atom. The summed E-state index contributed by atoms with van der Waals surface area (Å²) in [4.78, 5) is 15.1. The summed E-state index contributed by atoms with van der Waals surface area (Å²) in [5.41, 5.74) is 1.97. The Morgan fingerprint density at radius 1 is 1.42 bits per heavy atom. The van der Waals surface area contributed by atoms with E-state index in [0.717, 1.165) is 33.1 Å². The molecular formula is C13H12ClIN2O2. The Morgan fingerprint density at radius 3 is 2.89 bits per heavy atom. The van der Waals surface area contributed by atoms with Gasteiger partial charge in [-0.1, -0.05) is 0 Å². The molecule has 0 saturated carbocycles. The smallest absolute Gasteiger partial charge is 0.337 e. The van der Waals surface area contributed by atoms with Gasteiger partial charge in [0.15, 0.2) is 0 Å². The molecule has 1 heterocycles. The predicted octanol–water partition coefficient (Wildman–Crippen LogP) is 3.58. The van der Waals surface area contributed by atoms with E-state index in [9.17, 15) is 4.79 Å². The molecular weight excluding hydrogens is 379 g/mol. The average Bonchev–Trinajstić information content (AvgIpc) is 2.39. The molecule has 0 aliphatic carbocycles. The Labute approximate surface area is 129 Å². The number of carboxylic acid groups (broad SMARTS) is 1. The van der Waals surface area contributed by atoms with Gasteiger partial charge in [0.1, 0.15) is 0 Å². The number of benzene rings is 1. The number of aromatic nitrogens is 1. The molecule has 0 aliphatic heterocycles. The maximum Gasteiger partial charge on any atom is 0.337 e. The molecule has 0 saturated heterocycles. The molecule has 0 spiro atoms. The van der Waals surface area contributed by atoms with E-state index in [0.29, 0.717) is 5.88 Å². The number of rotatable bonds is 5. The second-order valence-corrected chi connectivity index (χ2v) is 5.56. The lowest BCUT2D eigenvalue weighted by molar-refractivity contribution is 0.0696. The Kier molecular flexibility index (Phi) is 4.81. The summed E-state index contributed by atoms with van der Waals surface area (Å²) < 4.78 is 1.03. The normalized spacial score (nSPS) is 10.6. The molecule has 0 aliphatic rings. The minimum Gasteiger partial charge on any atom is -0.478 e. The fourth-order valence-corrected chi connectivity index (χ4v) is 2.51. The van der Waals surface area contributed by atoms with Crippen LogP contribution >= 0.6 is 34.2 Å². The number of carboxylic acids is 1. The van der Waals surface area contributed by atoms with Gasteiger partial charge in [-0.05, 0) is 47.2 Å². The van der Waals surface area contributed by atoms with Crippen LogP contribution in [0.25, 0.3) is 10.9 Å².